The van der Waals surface area contributed by atoms with Gasteiger partial charge in [-0.15, -0.1) is 0 Å². The van der Waals surface area contributed by atoms with Crippen molar-refractivity contribution in [1.29, 1.82) is 0 Å². The number of carbonyl (C=O) groups excluding carboxylic acids is 1. The highest BCUT2D eigenvalue weighted by Gasteiger charge is 2.28. The van der Waals surface area contributed by atoms with Crippen LogP contribution in [0.15, 0.2) is 12.1 Å². The van der Waals surface area contributed by atoms with Gasteiger partial charge in [-0.25, -0.2) is 4.79 Å². The molecule has 0 saturated carbocycles. The molecule has 0 radical (unpaired) electrons. The Balaban J connectivity index is 2.13. The van der Waals surface area contributed by atoms with Gasteiger partial charge in [0.25, 0.3) is 0 Å². The molecule has 1 aromatic rings. The zero-order chi connectivity index (χ0) is 13.5. The Morgan fingerprint density at radius 3 is 2.44 bits per heavy atom. The first-order valence-corrected chi connectivity index (χ1v) is 6.89. The fourth-order valence-corrected chi connectivity index (χ4v) is 2.43. The van der Waals surface area contributed by atoms with Crippen molar-refractivity contribution in [3.63, 3.8) is 0 Å². The van der Waals surface area contributed by atoms with Crippen molar-refractivity contribution >= 4 is 34.4 Å². The van der Waals surface area contributed by atoms with E-state index in [1.54, 1.807) is 4.90 Å². The molecule has 0 aromatic heterocycles. The number of fused-ring (bicyclic) bond motifs is 1. The van der Waals surface area contributed by atoms with E-state index in [1.165, 1.54) is 0 Å². The molecular formula is C13H17IN2O2. The molecule has 0 fully saturated rings. The fourth-order valence-electron chi connectivity index (χ4n) is 1.90. The van der Waals surface area contributed by atoms with Gasteiger partial charge in [0, 0.05) is 22.3 Å². The molecule has 2 rings (SSSR count). The van der Waals surface area contributed by atoms with Crippen LogP contribution in [0.25, 0.3) is 0 Å². The van der Waals surface area contributed by atoms with E-state index in [-0.39, 0.29) is 6.09 Å². The van der Waals surface area contributed by atoms with Gasteiger partial charge in [-0.05, 0) is 66.6 Å². The second-order valence-corrected chi connectivity index (χ2v) is 6.64. The SMILES string of the molecule is CC(C)(C)OC(=O)N1Cc2cc(N)c(I)cc2C1. The first-order chi connectivity index (χ1) is 8.26. The van der Waals surface area contributed by atoms with E-state index < -0.39 is 5.60 Å². The lowest BCUT2D eigenvalue weighted by Gasteiger charge is -2.24. The molecule has 0 unspecified atom stereocenters. The number of hydrogen-bond acceptors (Lipinski definition) is 3. The Kier molecular flexibility index (Phi) is 3.44. The van der Waals surface area contributed by atoms with Gasteiger partial charge < -0.3 is 10.5 Å². The Morgan fingerprint density at radius 2 is 1.89 bits per heavy atom. The fraction of sp³-hybridized carbons (Fsp3) is 0.462. The molecule has 18 heavy (non-hydrogen) atoms. The molecule has 1 amide bonds. The third-order valence-corrected chi connectivity index (χ3v) is 3.63. The predicted molar refractivity (Wildman–Crippen MR) is 79.1 cm³/mol. The Hall–Kier alpha value is -0.980. The number of hydrogen-bond donors (Lipinski definition) is 1. The predicted octanol–water partition coefficient (Wildman–Crippen LogP) is 3.12. The molecule has 0 atom stereocenters. The van der Waals surface area contributed by atoms with Crippen LogP contribution in [-0.2, 0) is 17.8 Å². The molecule has 1 aromatic carbocycles. The number of rotatable bonds is 0. The lowest BCUT2D eigenvalue weighted by atomic mass is 10.1. The summed E-state index contributed by atoms with van der Waals surface area (Å²) in [6.07, 6.45) is -0.271. The third kappa shape index (κ3) is 2.88. The standard InChI is InChI=1S/C13H17IN2O2/c1-13(2,3)18-12(17)16-6-8-4-10(14)11(15)5-9(8)7-16/h4-5H,6-7,15H2,1-3H3. The minimum Gasteiger partial charge on any atom is -0.444 e. The quantitative estimate of drug-likeness (QED) is 0.571. The van der Waals surface area contributed by atoms with Crippen LogP contribution in [0.2, 0.25) is 0 Å². The molecule has 0 saturated heterocycles. The zero-order valence-corrected chi connectivity index (χ0v) is 12.9. The average Bonchev–Trinajstić information content (AvgIpc) is 2.59. The molecular weight excluding hydrogens is 343 g/mol. The van der Waals surface area contributed by atoms with E-state index in [2.05, 4.69) is 22.6 Å². The highest BCUT2D eigenvalue weighted by molar-refractivity contribution is 14.1. The summed E-state index contributed by atoms with van der Waals surface area (Å²) in [5.41, 5.74) is 8.44. The van der Waals surface area contributed by atoms with Crippen molar-refractivity contribution in [3.05, 3.63) is 26.8 Å². The highest BCUT2D eigenvalue weighted by Crippen LogP contribution is 2.29. The summed E-state index contributed by atoms with van der Waals surface area (Å²) in [6, 6.07) is 3.98. The lowest BCUT2D eigenvalue weighted by Crippen LogP contribution is -2.33. The summed E-state index contributed by atoms with van der Waals surface area (Å²) in [5, 5.41) is 0. The molecule has 1 aliphatic rings. The van der Waals surface area contributed by atoms with E-state index in [9.17, 15) is 4.79 Å². The number of halogens is 1. The third-order valence-electron chi connectivity index (χ3n) is 2.69. The van der Waals surface area contributed by atoms with Crippen molar-refractivity contribution in [2.75, 3.05) is 5.73 Å². The van der Waals surface area contributed by atoms with Crippen molar-refractivity contribution in [3.8, 4) is 0 Å². The number of carbonyl (C=O) groups is 1. The molecule has 5 heteroatoms. The number of nitrogens with two attached hydrogens (primary N) is 1. The minimum absolute atomic E-state index is 0.271. The van der Waals surface area contributed by atoms with Crippen molar-refractivity contribution in [1.82, 2.24) is 4.90 Å². The van der Waals surface area contributed by atoms with Gasteiger partial charge in [0.1, 0.15) is 5.60 Å². The van der Waals surface area contributed by atoms with E-state index in [1.807, 2.05) is 32.9 Å². The van der Waals surface area contributed by atoms with Gasteiger partial charge in [-0.3, -0.25) is 4.90 Å². The van der Waals surface area contributed by atoms with Crippen LogP contribution in [0.3, 0.4) is 0 Å². The van der Waals surface area contributed by atoms with Crippen LogP contribution >= 0.6 is 22.6 Å². The maximum absolute atomic E-state index is 12.0. The number of ether oxygens (including phenoxy) is 1. The summed E-state index contributed by atoms with van der Waals surface area (Å²) in [6.45, 7) is 6.78. The molecule has 98 valence electrons. The second kappa shape index (κ2) is 4.60. The first kappa shape index (κ1) is 13.5. The molecule has 2 N–H and O–H groups in total. The van der Waals surface area contributed by atoms with Gasteiger partial charge in [0.05, 0.1) is 0 Å². The number of anilines is 1. The molecule has 1 aliphatic heterocycles. The second-order valence-electron chi connectivity index (χ2n) is 5.48. The molecule has 0 spiro atoms. The lowest BCUT2D eigenvalue weighted by molar-refractivity contribution is 0.0242. The summed E-state index contributed by atoms with van der Waals surface area (Å²) in [7, 11) is 0. The summed E-state index contributed by atoms with van der Waals surface area (Å²) >= 11 is 2.20. The monoisotopic (exact) mass is 360 g/mol. The van der Waals surface area contributed by atoms with Crippen LogP contribution in [0.1, 0.15) is 31.9 Å². The maximum atomic E-state index is 12.0. The van der Waals surface area contributed by atoms with Gasteiger partial charge in [-0.2, -0.15) is 0 Å². The van der Waals surface area contributed by atoms with Gasteiger partial charge in [0.2, 0.25) is 0 Å². The number of amides is 1. The van der Waals surface area contributed by atoms with Crippen LogP contribution < -0.4 is 5.73 Å². The topological polar surface area (TPSA) is 55.6 Å². The van der Waals surface area contributed by atoms with Crippen molar-refractivity contribution in [2.45, 2.75) is 39.5 Å². The Morgan fingerprint density at radius 1 is 1.33 bits per heavy atom. The number of nitrogen functional groups attached to an aromatic ring is 1. The summed E-state index contributed by atoms with van der Waals surface area (Å²) in [4.78, 5) is 13.7. The summed E-state index contributed by atoms with van der Waals surface area (Å²) in [5.74, 6) is 0. The molecule has 0 bridgehead atoms. The number of benzene rings is 1. The Labute approximate surface area is 121 Å². The van der Waals surface area contributed by atoms with Crippen LogP contribution in [-0.4, -0.2) is 16.6 Å². The largest absolute Gasteiger partial charge is 0.444 e. The first-order valence-electron chi connectivity index (χ1n) is 5.81. The van der Waals surface area contributed by atoms with Gasteiger partial charge >= 0.3 is 6.09 Å². The van der Waals surface area contributed by atoms with E-state index in [4.69, 9.17) is 10.5 Å². The van der Waals surface area contributed by atoms with Crippen LogP contribution in [0, 0.1) is 3.57 Å². The van der Waals surface area contributed by atoms with Gasteiger partial charge in [-0.1, -0.05) is 0 Å². The normalized spacial score (nSPS) is 14.6. The molecule has 4 nitrogen and oxygen atoms in total. The van der Waals surface area contributed by atoms with E-state index >= 15 is 0 Å². The summed E-state index contributed by atoms with van der Waals surface area (Å²) < 4.78 is 6.39. The van der Waals surface area contributed by atoms with E-state index in [0.29, 0.717) is 13.1 Å². The minimum atomic E-state index is -0.459. The van der Waals surface area contributed by atoms with E-state index in [0.717, 1.165) is 20.4 Å². The van der Waals surface area contributed by atoms with Crippen LogP contribution in [0.4, 0.5) is 10.5 Å². The average molecular weight is 360 g/mol. The number of nitrogens with zero attached hydrogens (tertiary/aromatic N) is 1. The zero-order valence-electron chi connectivity index (χ0n) is 10.8. The molecule has 1 heterocycles. The van der Waals surface area contributed by atoms with Gasteiger partial charge in [0.15, 0.2) is 0 Å². The van der Waals surface area contributed by atoms with Crippen molar-refractivity contribution in [2.24, 2.45) is 0 Å². The van der Waals surface area contributed by atoms with Crippen molar-refractivity contribution < 1.29 is 9.53 Å². The molecule has 0 aliphatic carbocycles. The maximum Gasteiger partial charge on any atom is 0.410 e. The smallest absolute Gasteiger partial charge is 0.410 e. The highest BCUT2D eigenvalue weighted by atomic mass is 127. The Bertz CT molecular complexity index is 463. The van der Waals surface area contributed by atoms with Crippen LogP contribution in [0.5, 0.6) is 0 Å².